The van der Waals surface area contributed by atoms with Gasteiger partial charge in [0.25, 0.3) is 0 Å². The summed E-state index contributed by atoms with van der Waals surface area (Å²) in [4.78, 5) is 13.3. The maximum Gasteiger partial charge on any atom is 0.222 e. The van der Waals surface area contributed by atoms with Gasteiger partial charge in [0.1, 0.15) is 5.76 Å². The topological polar surface area (TPSA) is 59.5 Å². The molecule has 2 N–H and O–H groups in total. The van der Waals surface area contributed by atoms with Gasteiger partial charge in [0, 0.05) is 13.5 Å². The summed E-state index contributed by atoms with van der Waals surface area (Å²) in [5.41, 5.74) is 5.37. The summed E-state index contributed by atoms with van der Waals surface area (Å²) in [6.45, 7) is 1.15. The van der Waals surface area contributed by atoms with Gasteiger partial charge in [-0.2, -0.15) is 0 Å². The molecule has 4 nitrogen and oxygen atoms in total. The Morgan fingerprint density at radius 2 is 2.25 bits per heavy atom. The van der Waals surface area contributed by atoms with Crippen molar-refractivity contribution in [1.29, 1.82) is 0 Å². The number of nitrogens with zero attached hydrogens (tertiary/aromatic N) is 1. The summed E-state index contributed by atoms with van der Waals surface area (Å²) in [7, 11) is 1.78. The Morgan fingerprint density at radius 3 is 2.81 bits per heavy atom. The van der Waals surface area contributed by atoms with Gasteiger partial charge in [0.2, 0.25) is 5.91 Å². The van der Waals surface area contributed by atoms with E-state index in [0.717, 1.165) is 18.6 Å². The molecule has 1 aromatic rings. The molecule has 1 rings (SSSR count). The third kappa shape index (κ3) is 4.37. The quantitative estimate of drug-likeness (QED) is 0.816. The fraction of sp³-hybridized carbons (Fsp3) is 0.545. The average molecular weight is 289 g/mol. The second kappa shape index (κ2) is 6.70. The summed E-state index contributed by atoms with van der Waals surface area (Å²) >= 11 is 3.23. The third-order valence-corrected chi connectivity index (χ3v) is 2.72. The van der Waals surface area contributed by atoms with Crippen LogP contribution in [0.15, 0.2) is 21.2 Å². The maximum atomic E-state index is 11.7. The molecule has 0 aromatic carbocycles. The number of nitrogens with two attached hydrogens (primary N) is 1. The van der Waals surface area contributed by atoms with Gasteiger partial charge >= 0.3 is 0 Å². The molecule has 0 spiro atoms. The van der Waals surface area contributed by atoms with Crippen molar-refractivity contribution in [3.8, 4) is 0 Å². The molecular weight excluding hydrogens is 272 g/mol. The first-order chi connectivity index (χ1) is 7.63. The fourth-order valence-corrected chi connectivity index (χ4v) is 1.71. The molecule has 16 heavy (non-hydrogen) atoms. The summed E-state index contributed by atoms with van der Waals surface area (Å²) in [6.07, 6.45) is 2.29. The molecule has 0 radical (unpaired) electrons. The summed E-state index contributed by atoms with van der Waals surface area (Å²) in [5.74, 6) is 0.905. The van der Waals surface area contributed by atoms with Crippen LogP contribution in [0, 0.1) is 0 Å². The van der Waals surface area contributed by atoms with Crippen molar-refractivity contribution in [3.63, 3.8) is 0 Å². The van der Waals surface area contributed by atoms with E-state index in [2.05, 4.69) is 15.9 Å². The number of amides is 1. The van der Waals surface area contributed by atoms with E-state index >= 15 is 0 Å². The number of carbonyl (C=O) groups is 1. The Kier molecular flexibility index (Phi) is 5.55. The van der Waals surface area contributed by atoms with Gasteiger partial charge < -0.3 is 15.1 Å². The average Bonchev–Trinajstić information content (AvgIpc) is 2.64. The maximum absolute atomic E-state index is 11.7. The highest BCUT2D eigenvalue weighted by Crippen LogP contribution is 2.15. The Labute approximate surface area is 104 Å². The van der Waals surface area contributed by atoms with Crippen molar-refractivity contribution in [1.82, 2.24) is 4.90 Å². The zero-order valence-corrected chi connectivity index (χ0v) is 11.0. The van der Waals surface area contributed by atoms with Crippen LogP contribution in [0.25, 0.3) is 0 Å². The SMILES string of the molecule is CN(Cc1ccc(Br)o1)C(=O)CCCCN. The van der Waals surface area contributed by atoms with Crippen molar-refractivity contribution in [3.05, 3.63) is 22.6 Å². The van der Waals surface area contributed by atoms with E-state index in [9.17, 15) is 4.79 Å². The van der Waals surface area contributed by atoms with Crippen molar-refractivity contribution in [2.24, 2.45) is 5.73 Å². The minimum Gasteiger partial charge on any atom is -0.452 e. The van der Waals surface area contributed by atoms with Crippen LogP contribution < -0.4 is 5.73 Å². The van der Waals surface area contributed by atoms with Gasteiger partial charge in [-0.1, -0.05) is 0 Å². The Hall–Kier alpha value is -0.810. The van der Waals surface area contributed by atoms with Crippen LogP contribution in [0.4, 0.5) is 0 Å². The van der Waals surface area contributed by atoms with E-state index in [1.54, 1.807) is 11.9 Å². The van der Waals surface area contributed by atoms with Crippen molar-refractivity contribution >= 4 is 21.8 Å². The van der Waals surface area contributed by atoms with Gasteiger partial charge in [-0.15, -0.1) is 0 Å². The second-order valence-electron chi connectivity index (χ2n) is 3.70. The first-order valence-corrected chi connectivity index (χ1v) is 6.11. The van der Waals surface area contributed by atoms with Gasteiger partial charge in [-0.3, -0.25) is 4.79 Å². The Morgan fingerprint density at radius 1 is 1.50 bits per heavy atom. The molecule has 0 aliphatic carbocycles. The van der Waals surface area contributed by atoms with Crippen LogP contribution in [0.1, 0.15) is 25.0 Å². The van der Waals surface area contributed by atoms with E-state index in [4.69, 9.17) is 10.2 Å². The van der Waals surface area contributed by atoms with Crippen molar-refractivity contribution < 1.29 is 9.21 Å². The normalized spacial score (nSPS) is 10.4. The molecule has 0 unspecified atom stereocenters. The molecule has 1 amide bonds. The molecule has 0 fully saturated rings. The van der Waals surface area contributed by atoms with Crippen LogP contribution >= 0.6 is 15.9 Å². The summed E-state index contributed by atoms with van der Waals surface area (Å²) in [5, 5.41) is 0. The lowest BCUT2D eigenvalue weighted by atomic mass is 10.2. The molecule has 1 aromatic heterocycles. The van der Waals surface area contributed by atoms with E-state index in [1.807, 2.05) is 12.1 Å². The van der Waals surface area contributed by atoms with Crippen LogP contribution in [0.5, 0.6) is 0 Å². The zero-order valence-electron chi connectivity index (χ0n) is 9.41. The number of hydrogen-bond acceptors (Lipinski definition) is 3. The number of carbonyl (C=O) groups excluding carboxylic acids is 1. The monoisotopic (exact) mass is 288 g/mol. The third-order valence-electron chi connectivity index (χ3n) is 2.29. The molecule has 0 atom stereocenters. The minimum absolute atomic E-state index is 0.126. The molecule has 0 aliphatic heterocycles. The number of halogens is 1. The highest BCUT2D eigenvalue weighted by molar-refractivity contribution is 9.10. The molecule has 90 valence electrons. The highest BCUT2D eigenvalue weighted by Gasteiger charge is 2.10. The lowest BCUT2D eigenvalue weighted by Crippen LogP contribution is -2.25. The number of rotatable bonds is 6. The minimum atomic E-state index is 0.126. The van der Waals surface area contributed by atoms with E-state index in [0.29, 0.717) is 24.2 Å². The molecular formula is C11H17BrN2O2. The van der Waals surface area contributed by atoms with E-state index in [-0.39, 0.29) is 5.91 Å². The van der Waals surface area contributed by atoms with Gasteiger partial charge in [0.15, 0.2) is 4.67 Å². The molecule has 0 aliphatic rings. The first kappa shape index (κ1) is 13.3. The van der Waals surface area contributed by atoms with Crippen molar-refractivity contribution in [2.45, 2.75) is 25.8 Å². The zero-order chi connectivity index (χ0) is 12.0. The molecule has 0 saturated carbocycles. The van der Waals surface area contributed by atoms with Gasteiger partial charge in [0.05, 0.1) is 6.54 Å². The number of furan rings is 1. The number of hydrogen-bond donors (Lipinski definition) is 1. The molecule has 1 heterocycles. The van der Waals surface area contributed by atoms with Crippen LogP contribution in [-0.4, -0.2) is 24.4 Å². The predicted molar refractivity (Wildman–Crippen MR) is 65.8 cm³/mol. The van der Waals surface area contributed by atoms with E-state index < -0.39 is 0 Å². The number of unbranched alkanes of at least 4 members (excludes halogenated alkanes) is 1. The van der Waals surface area contributed by atoms with Crippen LogP contribution in [0.3, 0.4) is 0 Å². The van der Waals surface area contributed by atoms with Gasteiger partial charge in [-0.25, -0.2) is 0 Å². The van der Waals surface area contributed by atoms with E-state index in [1.165, 1.54) is 0 Å². The Bertz CT molecular complexity index is 338. The van der Waals surface area contributed by atoms with Crippen molar-refractivity contribution in [2.75, 3.05) is 13.6 Å². The predicted octanol–water partition coefficient (Wildman–Crippen LogP) is 2.13. The van der Waals surface area contributed by atoms with Gasteiger partial charge in [-0.05, 0) is 47.4 Å². The van der Waals surface area contributed by atoms with Crippen LogP contribution in [0.2, 0.25) is 0 Å². The fourth-order valence-electron chi connectivity index (χ4n) is 1.37. The molecule has 5 heteroatoms. The second-order valence-corrected chi connectivity index (χ2v) is 4.48. The summed E-state index contributed by atoms with van der Waals surface area (Å²) < 4.78 is 6.02. The largest absolute Gasteiger partial charge is 0.452 e. The molecule has 0 saturated heterocycles. The molecule has 0 bridgehead atoms. The lowest BCUT2D eigenvalue weighted by molar-refractivity contribution is -0.130. The lowest BCUT2D eigenvalue weighted by Gasteiger charge is -2.15. The highest BCUT2D eigenvalue weighted by atomic mass is 79.9. The standard InChI is InChI=1S/C11H17BrN2O2/c1-14(11(15)4-2-3-7-13)8-9-5-6-10(12)16-9/h5-6H,2-4,7-8,13H2,1H3. The first-order valence-electron chi connectivity index (χ1n) is 5.31. The smallest absolute Gasteiger partial charge is 0.222 e. The van der Waals surface area contributed by atoms with Crippen LogP contribution in [-0.2, 0) is 11.3 Å². The Balaban J connectivity index is 2.34. The summed E-state index contributed by atoms with van der Waals surface area (Å²) in [6, 6.07) is 3.68.